The molecule has 0 saturated heterocycles. The summed E-state index contributed by atoms with van der Waals surface area (Å²) in [6.45, 7) is 0. The zero-order valence-corrected chi connectivity index (χ0v) is 17.2. The van der Waals surface area contributed by atoms with Crippen LogP contribution in [0.4, 0.5) is 20.3 Å². The molecule has 10 heteroatoms. The number of anilines is 2. The smallest absolute Gasteiger partial charge is 0.242 e. The highest BCUT2D eigenvalue weighted by Crippen LogP contribution is 2.44. The molecular weight excluding hydrogens is 420 g/mol. The number of oxazole rings is 1. The fraction of sp³-hybridized carbons (Fsp3) is 0.273. The van der Waals surface area contributed by atoms with Gasteiger partial charge in [-0.2, -0.15) is 0 Å². The van der Waals surface area contributed by atoms with E-state index in [-0.39, 0.29) is 6.42 Å². The first-order chi connectivity index (χ1) is 15.5. The molecule has 4 aromatic rings. The Balaban J connectivity index is 1.55. The number of amides is 1. The Kier molecular flexibility index (Phi) is 4.84. The van der Waals surface area contributed by atoms with Crippen molar-refractivity contribution < 1.29 is 22.7 Å². The summed E-state index contributed by atoms with van der Waals surface area (Å²) in [4.78, 5) is 25.7. The number of pyridine rings is 2. The number of ether oxygens (including phenoxy) is 1. The van der Waals surface area contributed by atoms with Crippen molar-refractivity contribution in [1.82, 2.24) is 15.0 Å². The molecule has 3 aromatic heterocycles. The van der Waals surface area contributed by atoms with Gasteiger partial charge in [0.1, 0.15) is 16.8 Å². The lowest BCUT2D eigenvalue weighted by Gasteiger charge is -2.10. The number of fused-ring (bicyclic) bond motifs is 2. The molecule has 2 N–H and O–H groups in total. The van der Waals surface area contributed by atoms with E-state index in [1.54, 1.807) is 44.6 Å². The van der Waals surface area contributed by atoms with E-state index in [0.717, 1.165) is 0 Å². The number of carbonyl (C=O) groups is 1. The van der Waals surface area contributed by atoms with Crippen LogP contribution < -0.4 is 15.4 Å². The molecule has 2 unspecified atom stereocenters. The molecule has 8 nitrogen and oxygen atoms in total. The maximum Gasteiger partial charge on any atom is 0.242 e. The summed E-state index contributed by atoms with van der Waals surface area (Å²) in [6.07, 6.45) is 0.783. The first-order valence-corrected chi connectivity index (χ1v) is 9.99. The summed E-state index contributed by atoms with van der Waals surface area (Å²) in [5, 5.41) is 6.32. The third kappa shape index (κ3) is 3.47. The van der Waals surface area contributed by atoms with Gasteiger partial charge in [0.25, 0.3) is 0 Å². The van der Waals surface area contributed by atoms with Crippen LogP contribution in [0.2, 0.25) is 0 Å². The molecule has 1 aromatic carbocycles. The summed E-state index contributed by atoms with van der Waals surface area (Å²) in [5.41, 5.74) is 2.73. The van der Waals surface area contributed by atoms with Gasteiger partial charge < -0.3 is 19.8 Å². The van der Waals surface area contributed by atoms with Crippen LogP contribution in [0.1, 0.15) is 6.42 Å². The van der Waals surface area contributed by atoms with Crippen molar-refractivity contribution in [2.24, 2.45) is 11.8 Å². The second-order valence-corrected chi connectivity index (χ2v) is 7.57. The highest BCUT2D eigenvalue weighted by Gasteiger charge is 2.48. The van der Waals surface area contributed by atoms with Gasteiger partial charge in [-0.25, -0.2) is 18.7 Å². The number of hydrogen-bond acceptors (Lipinski definition) is 7. The fourth-order valence-corrected chi connectivity index (χ4v) is 3.72. The Morgan fingerprint density at radius 3 is 2.81 bits per heavy atom. The predicted molar refractivity (Wildman–Crippen MR) is 115 cm³/mol. The van der Waals surface area contributed by atoms with Gasteiger partial charge in [0.2, 0.25) is 18.2 Å². The van der Waals surface area contributed by atoms with Crippen molar-refractivity contribution in [3.8, 4) is 17.2 Å². The molecule has 0 bridgehead atoms. The minimum atomic E-state index is -2.49. The quantitative estimate of drug-likeness (QED) is 0.461. The first-order valence-electron chi connectivity index (χ1n) is 9.99. The highest BCUT2D eigenvalue weighted by atomic mass is 19.3. The van der Waals surface area contributed by atoms with E-state index in [4.69, 9.17) is 9.15 Å². The number of benzene rings is 1. The average molecular weight is 439 g/mol. The predicted octanol–water partition coefficient (Wildman–Crippen LogP) is 4.33. The van der Waals surface area contributed by atoms with Crippen molar-refractivity contribution in [1.29, 1.82) is 0 Å². The van der Waals surface area contributed by atoms with Crippen molar-refractivity contribution in [3.63, 3.8) is 0 Å². The number of halogens is 2. The average Bonchev–Trinajstić information content (AvgIpc) is 3.51. The molecule has 5 rings (SSSR count). The summed E-state index contributed by atoms with van der Waals surface area (Å²) in [5.74, 6) is -0.467. The van der Waals surface area contributed by atoms with Crippen LogP contribution in [-0.4, -0.2) is 41.4 Å². The Morgan fingerprint density at radius 1 is 1.25 bits per heavy atom. The van der Waals surface area contributed by atoms with E-state index in [1.807, 2.05) is 0 Å². The normalized spacial score (nSPS) is 17.7. The SMILES string of the molecule is CNc1ncc(-c2nc3cc(OC)ccc3o2)c2cc(NC(=O)C3CC3C(F)F)cnc12. The van der Waals surface area contributed by atoms with Crippen molar-refractivity contribution in [2.45, 2.75) is 12.8 Å². The lowest BCUT2D eigenvalue weighted by molar-refractivity contribution is -0.118. The second-order valence-electron chi connectivity index (χ2n) is 7.57. The number of nitrogens with one attached hydrogen (secondary N) is 2. The Labute approximate surface area is 181 Å². The molecule has 0 spiro atoms. The molecule has 1 aliphatic rings. The monoisotopic (exact) mass is 439 g/mol. The standard InChI is InChI=1S/C22H19F2N5O3/c1-25-20-18-12(5-10(8-26-18)28-21(30)14-7-13(14)19(23)24)15(9-27-20)22-29-16-6-11(31-2)3-4-17(16)32-22/h3-6,8-9,13-14,19H,7H2,1-2H3,(H,25,27)(H,28,30). The van der Waals surface area contributed by atoms with Gasteiger partial charge in [-0.1, -0.05) is 0 Å². The van der Waals surface area contributed by atoms with Gasteiger partial charge in [0.05, 0.1) is 24.6 Å². The van der Waals surface area contributed by atoms with E-state index in [2.05, 4.69) is 25.6 Å². The van der Waals surface area contributed by atoms with E-state index in [0.29, 0.717) is 50.7 Å². The fourth-order valence-electron chi connectivity index (χ4n) is 3.72. The van der Waals surface area contributed by atoms with Crippen LogP contribution in [0.15, 0.2) is 41.1 Å². The maximum atomic E-state index is 12.8. The van der Waals surface area contributed by atoms with Crippen molar-refractivity contribution in [3.05, 3.63) is 36.7 Å². The van der Waals surface area contributed by atoms with Crippen LogP contribution in [0.5, 0.6) is 5.75 Å². The molecule has 2 atom stereocenters. The molecule has 0 aliphatic heterocycles. The number of carbonyl (C=O) groups excluding carboxylic acids is 1. The molecule has 1 amide bonds. The van der Waals surface area contributed by atoms with Crippen molar-refractivity contribution in [2.75, 3.05) is 24.8 Å². The van der Waals surface area contributed by atoms with E-state index in [1.165, 1.54) is 6.20 Å². The third-order valence-electron chi connectivity index (χ3n) is 5.55. The van der Waals surface area contributed by atoms with Gasteiger partial charge in [0.15, 0.2) is 11.4 Å². The Morgan fingerprint density at radius 2 is 2.09 bits per heavy atom. The van der Waals surface area contributed by atoms with Crippen LogP contribution in [0, 0.1) is 11.8 Å². The summed E-state index contributed by atoms with van der Waals surface area (Å²) >= 11 is 0. The molecule has 1 saturated carbocycles. The van der Waals surface area contributed by atoms with Gasteiger partial charge in [-0.15, -0.1) is 0 Å². The van der Waals surface area contributed by atoms with Gasteiger partial charge in [0, 0.05) is 36.5 Å². The van der Waals surface area contributed by atoms with Gasteiger partial charge in [-0.3, -0.25) is 9.78 Å². The molecule has 1 fully saturated rings. The third-order valence-corrected chi connectivity index (χ3v) is 5.55. The zero-order valence-electron chi connectivity index (χ0n) is 17.2. The maximum absolute atomic E-state index is 12.8. The van der Waals surface area contributed by atoms with E-state index in [9.17, 15) is 13.6 Å². The molecule has 3 heterocycles. The molecule has 0 radical (unpaired) electrons. The molecule has 164 valence electrons. The minimum absolute atomic E-state index is 0.190. The number of aromatic nitrogens is 3. The van der Waals surface area contributed by atoms with Crippen molar-refractivity contribution >= 4 is 39.4 Å². The number of methoxy groups -OCH3 is 1. The second kappa shape index (κ2) is 7.70. The number of nitrogens with zero attached hydrogens (tertiary/aromatic N) is 3. The van der Waals surface area contributed by atoms with Gasteiger partial charge in [-0.05, 0) is 24.6 Å². The molecular formula is C22H19F2N5O3. The lowest BCUT2D eigenvalue weighted by atomic mass is 10.1. The summed E-state index contributed by atoms with van der Waals surface area (Å²) in [6, 6.07) is 7.02. The van der Waals surface area contributed by atoms with Crippen LogP contribution in [0.3, 0.4) is 0 Å². The van der Waals surface area contributed by atoms with E-state index >= 15 is 0 Å². The van der Waals surface area contributed by atoms with Crippen LogP contribution in [-0.2, 0) is 4.79 Å². The first kappa shape index (κ1) is 20.1. The molecule has 1 aliphatic carbocycles. The number of hydrogen-bond donors (Lipinski definition) is 2. The Bertz CT molecular complexity index is 1340. The topological polar surface area (TPSA) is 102 Å². The molecule has 32 heavy (non-hydrogen) atoms. The Hall–Kier alpha value is -3.82. The van der Waals surface area contributed by atoms with E-state index < -0.39 is 24.2 Å². The summed E-state index contributed by atoms with van der Waals surface area (Å²) in [7, 11) is 3.30. The zero-order chi connectivity index (χ0) is 22.4. The minimum Gasteiger partial charge on any atom is -0.497 e. The lowest BCUT2D eigenvalue weighted by Crippen LogP contribution is -2.16. The van der Waals surface area contributed by atoms with Crippen LogP contribution >= 0.6 is 0 Å². The van der Waals surface area contributed by atoms with Crippen LogP contribution in [0.25, 0.3) is 33.5 Å². The number of alkyl halides is 2. The number of rotatable bonds is 6. The largest absolute Gasteiger partial charge is 0.497 e. The highest BCUT2D eigenvalue weighted by molar-refractivity contribution is 6.02. The summed E-state index contributed by atoms with van der Waals surface area (Å²) < 4.78 is 36.8. The van der Waals surface area contributed by atoms with Gasteiger partial charge >= 0.3 is 0 Å².